The number of aromatic nitrogens is 1. The monoisotopic (exact) mass is 1410 g/mol. The quantitative estimate of drug-likeness (QED) is 0.0487. The standard InChI is InChI=1S/C8H5BF6O2.C8H7BO3.C8H7BO2S.C7H9BO3.2C6H7BO3.C5H6BNO2.2C4H5BO2S/c10-7(11,12)4-1-5(8(13,14)15)3-6(2-4)9(16)17;2*10-9(11)8-5-6-3-1-2-4-7(6)12-8;1-11-7-5-3-2-4-6(7)8(9)10;8-6-3-1-2-5(4-6)7(9)10;8-6-4-2-1-3-5(6)7(9)10;8-6(9)5-2-1-3-7-4-5;6-5(7)4-1-2-8-3-4;6-5(7)4-2-1-3-8-4/h1-3,16-17H;2*1-5,10-11H;2-5,9-10H,1H3;2*1-4,8-10H;1-4,8-9H;2*1-3,6-7H. The van der Waals surface area contributed by atoms with Crippen LogP contribution in [0.25, 0.3) is 21.1 Å². The smallest absolute Gasteiger partial charge is 0.508 e. The van der Waals surface area contributed by atoms with Gasteiger partial charge in [0, 0.05) is 48.4 Å². The number of phenolic OH excluding ortho intramolecular Hbond substituents is 2. The van der Waals surface area contributed by atoms with Gasteiger partial charge in [0.05, 0.1) is 18.2 Å². The Hall–Kier alpha value is -7.79. The van der Waals surface area contributed by atoms with Crippen LogP contribution >= 0.6 is 34.0 Å². The van der Waals surface area contributed by atoms with Gasteiger partial charge in [-0.25, -0.2) is 0 Å². The van der Waals surface area contributed by atoms with Gasteiger partial charge in [-0.3, -0.25) is 4.98 Å². The first kappa shape index (κ1) is 83.4. The lowest BCUT2D eigenvalue weighted by atomic mass is 9.78. The van der Waals surface area contributed by atoms with Crippen LogP contribution in [0.2, 0.25) is 0 Å². The fraction of sp³-hybridized carbons (Fsp3) is 0.0536. The number of pyridine rings is 1. The molecule has 0 aliphatic carbocycles. The van der Waals surface area contributed by atoms with Crippen molar-refractivity contribution >= 4 is 167 Å². The largest absolute Gasteiger partial charge is 0.526 e. The van der Waals surface area contributed by atoms with Crippen molar-refractivity contribution < 1.29 is 136 Å². The van der Waals surface area contributed by atoms with Crippen LogP contribution < -0.4 is 52.7 Å². The van der Waals surface area contributed by atoms with Gasteiger partial charge in [0.15, 0.2) is 0 Å². The fourth-order valence-electron chi connectivity index (χ4n) is 7.05. The van der Waals surface area contributed by atoms with Gasteiger partial charge < -0.3 is 110 Å². The molecule has 5 aromatic heterocycles. The van der Waals surface area contributed by atoms with Crippen molar-refractivity contribution in [1.29, 1.82) is 0 Å². The maximum atomic E-state index is 12.3. The van der Waals surface area contributed by atoms with E-state index in [-0.39, 0.29) is 40.8 Å². The molecular weight excluding hydrogens is 1350 g/mol. The number of hydrogen-bond acceptors (Lipinski definition) is 26. The Morgan fingerprint density at radius 3 is 1.35 bits per heavy atom. The van der Waals surface area contributed by atoms with Gasteiger partial charge in [0.2, 0.25) is 0 Å². The number of halogens is 6. The number of nitrogens with zero attached hydrogens (tertiary/aromatic N) is 1. The average molecular weight is 1400 g/mol. The van der Waals surface area contributed by atoms with E-state index in [0.29, 0.717) is 42.7 Å². The first-order valence-electron chi connectivity index (χ1n) is 27.3. The van der Waals surface area contributed by atoms with Crippen molar-refractivity contribution in [3.63, 3.8) is 0 Å². The van der Waals surface area contributed by atoms with E-state index in [1.54, 1.807) is 113 Å². The zero-order valence-corrected chi connectivity index (χ0v) is 52.6. The summed E-state index contributed by atoms with van der Waals surface area (Å²) in [6, 6.07) is 46.0. The molecule has 5 heterocycles. The molecule has 23 nitrogen and oxygen atoms in total. The molecule has 0 amide bonds. The van der Waals surface area contributed by atoms with E-state index in [4.69, 9.17) is 110 Å². The third-order valence-electron chi connectivity index (χ3n) is 11.7. The topological polar surface area (TPSA) is 440 Å². The fourth-order valence-corrected chi connectivity index (χ4v) is 9.25. The van der Waals surface area contributed by atoms with Crippen LogP contribution in [0.3, 0.4) is 0 Å². The van der Waals surface area contributed by atoms with E-state index >= 15 is 0 Å². The number of para-hydroxylation sites is 3. The van der Waals surface area contributed by atoms with Crippen molar-refractivity contribution in [2.75, 3.05) is 7.11 Å². The van der Waals surface area contributed by atoms with E-state index in [1.165, 1.54) is 77.6 Å². The van der Waals surface area contributed by atoms with Crippen LogP contribution in [0, 0.1) is 0 Å². The summed E-state index contributed by atoms with van der Waals surface area (Å²) in [6.45, 7) is 0. The number of thiophene rings is 3. The number of alkyl halides is 6. The second kappa shape index (κ2) is 42.1. The molecule has 0 bridgehead atoms. The first-order chi connectivity index (χ1) is 45.6. The highest BCUT2D eigenvalue weighted by Crippen LogP contribution is 2.34. The molecule has 97 heavy (non-hydrogen) atoms. The zero-order valence-electron chi connectivity index (χ0n) is 50.1. The van der Waals surface area contributed by atoms with Gasteiger partial charge in [-0.2, -0.15) is 49.0 Å². The molecule has 0 fully saturated rings. The molecular formula is C56H58B9F6NO22S3. The Morgan fingerprint density at radius 1 is 0.423 bits per heavy atom. The minimum Gasteiger partial charge on any atom is -0.508 e. The third-order valence-corrected chi connectivity index (χ3v) is 14.5. The SMILES string of the molecule is COc1ccccc1B(O)O.OB(O)c1cc(C(F)(F)F)cc(C(F)(F)F)c1.OB(O)c1cc2ccccc2o1.OB(O)c1cc2ccccc2s1.OB(O)c1cccc(O)c1.OB(O)c1ccccc1O.OB(O)c1cccnc1.OB(O)c1cccs1.OB(O)c1ccsc1. The van der Waals surface area contributed by atoms with Crippen LogP contribution in [-0.4, -0.2) is 177 Å². The Bertz CT molecular complexity index is 3750. The summed E-state index contributed by atoms with van der Waals surface area (Å²) in [6.07, 6.45) is -7.01. The number of phenols is 2. The lowest BCUT2D eigenvalue weighted by Crippen LogP contribution is -2.32. The molecule has 20 N–H and O–H groups in total. The number of fused-ring (bicyclic) bond motifs is 2. The summed E-state index contributed by atoms with van der Waals surface area (Å²) < 4.78 is 85.9. The van der Waals surface area contributed by atoms with Crippen molar-refractivity contribution in [3.05, 3.63) is 222 Å². The van der Waals surface area contributed by atoms with E-state index in [0.717, 1.165) is 15.5 Å². The molecule has 0 unspecified atom stereocenters. The number of furan rings is 1. The van der Waals surface area contributed by atoms with E-state index in [1.807, 2.05) is 42.5 Å². The Labute approximate surface area is 563 Å². The number of rotatable bonds is 10. The number of methoxy groups -OCH3 is 1. The molecule has 0 spiro atoms. The number of aromatic hydroxyl groups is 2. The van der Waals surface area contributed by atoms with Crippen molar-refractivity contribution in [3.8, 4) is 17.2 Å². The van der Waals surface area contributed by atoms with Crippen LogP contribution in [0.4, 0.5) is 26.3 Å². The van der Waals surface area contributed by atoms with Crippen molar-refractivity contribution in [2.24, 2.45) is 0 Å². The molecule has 11 aromatic rings. The van der Waals surface area contributed by atoms with E-state index < -0.39 is 93.0 Å². The minimum absolute atomic E-state index is 0.0330. The van der Waals surface area contributed by atoms with E-state index in [9.17, 15) is 26.3 Å². The normalized spacial score (nSPS) is 10.2. The molecule has 6 aromatic carbocycles. The minimum atomic E-state index is -5.00. The van der Waals surface area contributed by atoms with Crippen LogP contribution in [0.1, 0.15) is 11.1 Å². The predicted molar refractivity (Wildman–Crippen MR) is 365 cm³/mol. The summed E-state index contributed by atoms with van der Waals surface area (Å²) in [5.74, 6) is 0.422. The predicted octanol–water partition coefficient (Wildman–Crippen LogP) is -2.77. The maximum absolute atomic E-state index is 12.3. The summed E-state index contributed by atoms with van der Waals surface area (Å²) >= 11 is 4.18. The van der Waals surface area contributed by atoms with Crippen molar-refractivity contribution in [1.82, 2.24) is 4.98 Å². The molecule has 0 aliphatic rings. The highest BCUT2D eigenvalue weighted by molar-refractivity contribution is 7.27. The average Bonchev–Trinajstić information content (AvgIpc) is 1.78. The Kier molecular flexibility index (Phi) is 36.2. The maximum Gasteiger partial charge on any atom is 0.526 e. The highest BCUT2D eigenvalue weighted by Gasteiger charge is 2.38. The second-order valence-corrected chi connectivity index (χ2v) is 21.7. The summed E-state index contributed by atoms with van der Waals surface area (Å²) in [5, 5.41) is 181. The van der Waals surface area contributed by atoms with Gasteiger partial charge in [-0.05, 0) is 98.6 Å². The molecule has 0 aliphatic heterocycles. The van der Waals surface area contributed by atoms with Crippen molar-refractivity contribution in [2.45, 2.75) is 12.4 Å². The third kappa shape index (κ3) is 30.7. The lowest BCUT2D eigenvalue weighted by molar-refractivity contribution is -0.143. The van der Waals surface area contributed by atoms with E-state index in [2.05, 4.69) is 4.98 Å². The summed E-state index contributed by atoms with van der Waals surface area (Å²) in [5.41, 5.74) is -1.42. The molecule has 0 saturated heterocycles. The van der Waals surface area contributed by atoms with Crippen LogP contribution in [0.15, 0.2) is 215 Å². The Morgan fingerprint density at radius 2 is 0.959 bits per heavy atom. The van der Waals surface area contributed by atoms with Crippen LogP contribution in [0.5, 0.6) is 17.2 Å². The van der Waals surface area contributed by atoms with Crippen LogP contribution in [-0.2, 0) is 12.4 Å². The molecule has 506 valence electrons. The van der Waals surface area contributed by atoms with Gasteiger partial charge in [0.1, 0.15) is 28.5 Å². The molecule has 11 rings (SSSR count). The number of benzene rings is 6. The van der Waals surface area contributed by atoms with Gasteiger partial charge in [-0.1, -0.05) is 121 Å². The molecule has 0 saturated carbocycles. The zero-order chi connectivity index (χ0) is 72.6. The molecule has 0 radical (unpaired) electrons. The molecule has 0 atom stereocenters. The number of hydrogen-bond donors (Lipinski definition) is 20. The number of ether oxygens (including phenoxy) is 1. The first-order valence-corrected chi connectivity index (χ1v) is 29.9. The summed E-state index contributed by atoms with van der Waals surface area (Å²) in [7, 11) is -12.4. The lowest BCUT2D eigenvalue weighted by Gasteiger charge is -2.13. The Balaban J connectivity index is 0.000000287. The second-order valence-electron chi connectivity index (χ2n) is 18.8. The summed E-state index contributed by atoms with van der Waals surface area (Å²) in [4.78, 5) is 3.69. The van der Waals surface area contributed by atoms with Gasteiger partial charge in [-0.15, -0.1) is 11.3 Å². The van der Waals surface area contributed by atoms with Gasteiger partial charge in [0.25, 0.3) is 0 Å². The molecule has 41 heteroatoms. The van der Waals surface area contributed by atoms with Gasteiger partial charge >= 0.3 is 76.4 Å². The highest BCUT2D eigenvalue weighted by atomic mass is 32.1.